The number of rotatable bonds is 6. The van der Waals surface area contributed by atoms with Gasteiger partial charge in [0.2, 0.25) is 5.91 Å². The summed E-state index contributed by atoms with van der Waals surface area (Å²) in [7, 11) is 0. The molecule has 0 saturated heterocycles. The zero-order chi connectivity index (χ0) is 24.7. The number of hydrogen-bond acceptors (Lipinski definition) is 5. The van der Waals surface area contributed by atoms with Crippen LogP contribution in [0.2, 0.25) is 0 Å². The number of fused-ring (bicyclic) bond motifs is 1. The van der Waals surface area contributed by atoms with Gasteiger partial charge in [-0.05, 0) is 57.9 Å². The monoisotopic (exact) mass is 468 g/mol. The number of nitrogens with zero attached hydrogens (tertiary/aromatic N) is 7. The van der Waals surface area contributed by atoms with Gasteiger partial charge in [0, 0.05) is 17.3 Å². The van der Waals surface area contributed by atoms with E-state index in [1.807, 2.05) is 74.3 Å². The number of hydrogen-bond donors (Lipinski definition) is 1. The van der Waals surface area contributed by atoms with Gasteiger partial charge in [-0.25, -0.2) is 19.0 Å². The third-order valence-corrected chi connectivity index (χ3v) is 6.20. The Hall–Kier alpha value is -4.27. The number of aromatic nitrogens is 7. The van der Waals surface area contributed by atoms with Gasteiger partial charge < -0.3 is 5.32 Å². The van der Waals surface area contributed by atoms with Crippen LogP contribution in [0, 0.1) is 34.6 Å². The highest BCUT2D eigenvalue weighted by molar-refractivity contribution is 5.96. The van der Waals surface area contributed by atoms with Crippen LogP contribution in [0.15, 0.2) is 48.7 Å². The summed E-state index contributed by atoms with van der Waals surface area (Å²) in [5, 5.41) is 17.8. The van der Waals surface area contributed by atoms with E-state index in [0.717, 1.165) is 45.0 Å². The fourth-order valence-corrected chi connectivity index (χ4v) is 4.53. The van der Waals surface area contributed by atoms with Crippen molar-refractivity contribution in [1.82, 2.24) is 34.3 Å². The van der Waals surface area contributed by atoms with E-state index in [0.29, 0.717) is 18.0 Å². The minimum Gasteiger partial charge on any atom is -0.321 e. The Morgan fingerprint density at radius 2 is 1.63 bits per heavy atom. The van der Waals surface area contributed by atoms with Crippen LogP contribution in [-0.4, -0.2) is 40.2 Å². The Bertz CT molecular complexity index is 1540. The van der Waals surface area contributed by atoms with Gasteiger partial charge in [-0.1, -0.05) is 30.3 Å². The molecule has 1 aromatic carbocycles. The highest BCUT2D eigenvalue weighted by atomic mass is 16.2. The van der Waals surface area contributed by atoms with Crippen LogP contribution in [0.1, 0.15) is 28.5 Å². The molecule has 0 bridgehead atoms. The Morgan fingerprint density at radius 1 is 0.886 bits per heavy atom. The second-order valence-electron chi connectivity index (χ2n) is 8.83. The normalized spacial score (nSPS) is 11.3. The molecule has 1 amide bonds. The topological polar surface area (TPSA) is 95.5 Å². The number of anilines is 1. The van der Waals surface area contributed by atoms with Crippen LogP contribution in [0.5, 0.6) is 0 Å². The van der Waals surface area contributed by atoms with Crippen LogP contribution in [0.25, 0.3) is 22.2 Å². The smallest absolute Gasteiger partial charge is 0.246 e. The van der Waals surface area contributed by atoms with E-state index in [1.54, 1.807) is 10.9 Å². The van der Waals surface area contributed by atoms with Crippen LogP contribution >= 0.6 is 0 Å². The van der Waals surface area contributed by atoms with Crippen LogP contribution in [-0.2, 0) is 18.0 Å². The number of pyridine rings is 1. The lowest BCUT2D eigenvalue weighted by Gasteiger charge is -2.09. The predicted octanol–water partition coefficient (Wildman–Crippen LogP) is 4.18. The molecule has 0 aliphatic carbocycles. The largest absolute Gasteiger partial charge is 0.321 e. The zero-order valence-corrected chi connectivity index (χ0v) is 20.6. The van der Waals surface area contributed by atoms with E-state index in [1.165, 1.54) is 0 Å². The van der Waals surface area contributed by atoms with Crippen molar-refractivity contribution in [2.75, 3.05) is 5.32 Å². The molecule has 1 N–H and O–H groups in total. The standard InChI is InChI=1S/C26H28N8O/c1-16-13-17(2)33(29-16)15-34-20(5)25(19(4)31-34)28-23(35)14-32-26-24(18(3)30-32)22(11-12-27-26)21-9-7-6-8-10-21/h6-13H,14-15H2,1-5H3,(H,28,35). The molecule has 9 nitrogen and oxygen atoms in total. The Kier molecular flexibility index (Phi) is 5.68. The summed E-state index contributed by atoms with van der Waals surface area (Å²) in [5.74, 6) is -0.182. The Morgan fingerprint density at radius 3 is 2.34 bits per heavy atom. The molecule has 4 heterocycles. The average molecular weight is 469 g/mol. The zero-order valence-electron chi connectivity index (χ0n) is 20.6. The lowest BCUT2D eigenvalue weighted by atomic mass is 10.0. The van der Waals surface area contributed by atoms with Gasteiger partial charge in [-0.3, -0.25) is 4.79 Å². The van der Waals surface area contributed by atoms with Crippen molar-refractivity contribution in [2.45, 2.75) is 47.8 Å². The number of benzene rings is 1. The molecule has 0 radical (unpaired) electrons. The number of nitrogens with one attached hydrogen (secondary N) is 1. The van der Waals surface area contributed by atoms with E-state index in [-0.39, 0.29) is 12.5 Å². The lowest BCUT2D eigenvalue weighted by Crippen LogP contribution is -2.20. The van der Waals surface area contributed by atoms with Gasteiger partial charge >= 0.3 is 0 Å². The lowest BCUT2D eigenvalue weighted by molar-refractivity contribution is -0.116. The molecule has 0 unspecified atom stereocenters. The van der Waals surface area contributed by atoms with Crippen molar-refractivity contribution in [3.63, 3.8) is 0 Å². The molecular weight excluding hydrogens is 440 g/mol. The maximum atomic E-state index is 13.1. The molecule has 0 aliphatic heterocycles. The highest BCUT2D eigenvalue weighted by Gasteiger charge is 2.19. The third kappa shape index (κ3) is 4.21. The summed E-state index contributed by atoms with van der Waals surface area (Å²) in [6, 6.07) is 14.2. The summed E-state index contributed by atoms with van der Waals surface area (Å²) in [5.41, 5.74) is 8.02. The average Bonchev–Trinajstić information content (AvgIpc) is 3.42. The molecule has 5 aromatic rings. The van der Waals surface area contributed by atoms with Crippen molar-refractivity contribution in [3.8, 4) is 11.1 Å². The van der Waals surface area contributed by atoms with E-state index >= 15 is 0 Å². The van der Waals surface area contributed by atoms with E-state index in [2.05, 4.69) is 37.7 Å². The fourth-order valence-electron chi connectivity index (χ4n) is 4.53. The number of carbonyl (C=O) groups excluding carboxylic acids is 1. The molecule has 178 valence electrons. The molecule has 35 heavy (non-hydrogen) atoms. The molecule has 0 spiro atoms. The minimum atomic E-state index is -0.182. The fraction of sp³-hybridized carbons (Fsp3) is 0.269. The molecule has 4 aromatic heterocycles. The molecule has 5 rings (SSSR count). The molecule has 9 heteroatoms. The van der Waals surface area contributed by atoms with E-state index in [9.17, 15) is 4.79 Å². The van der Waals surface area contributed by atoms with Gasteiger partial charge in [-0.15, -0.1) is 0 Å². The van der Waals surface area contributed by atoms with Crippen LogP contribution in [0.4, 0.5) is 5.69 Å². The second kappa shape index (κ2) is 8.83. The van der Waals surface area contributed by atoms with E-state index in [4.69, 9.17) is 0 Å². The van der Waals surface area contributed by atoms with Crippen molar-refractivity contribution in [2.24, 2.45) is 0 Å². The summed E-state index contributed by atoms with van der Waals surface area (Å²) < 4.78 is 5.41. The predicted molar refractivity (Wildman–Crippen MR) is 135 cm³/mol. The minimum absolute atomic E-state index is 0.0527. The number of amides is 1. The van der Waals surface area contributed by atoms with Gasteiger partial charge in [0.25, 0.3) is 0 Å². The maximum Gasteiger partial charge on any atom is 0.246 e. The number of aryl methyl sites for hydroxylation is 4. The van der Waals surface area contributed by atoms with Crippen molar-refractivity contribution in [1.29, 1.82) is 0 Å². The highest BCUT2D eigenvalue weighted by Crippen LogP contribution is 2.29. The SMILES string of the molecule is Cc1cc(C)n(Cn2nc(C)c(NC(=O)Cn3nc(C)c4c(-c5ccccc5)ccnc43)c2C)n1. The summed E-state index contributed by atoms with van der Waals surface area (Å²) in [4.78, 5) is 17.6. The molecule has 0 fully saturated rings. The molecule has 0 aliphatic rings. The third-order valence-electron chi connectivity index (χ3n) is 6.20. The Balaban J connectivity index is 1.39. The second-order valence-corrected chi connectivity index (χ2v) is 8.83. The van der Waals surface area contributed by atoms with Crippen molar-refractivity contribution in [3.05, 3.63) is 77.1 Å². The maximum absolute atomic E-state index is 13.1. The van der Waals surface area contributed by atoms with Gasteiger partial charge in [0.05, 0.1) is 28.5 Å². The summed E-state index contributed by atoms with van der Waals surface area (Å²) >= 11 is 0. The van der Waals surface area contributed by atoms with Gasteiger partial charge in [0.1, 0.15) is 13.2 Å². The summed E-state index contributed by atoms with van der Waals surface area (Å²) in [6.07, 6.45) is 1.76. The Labute approximate surface area is 203 Å². The first kappa shape index (κ1) is 22.5. The van der Waals surface area contributed by atoms with Gasteiger partial charge in [-0.2, -0.15) is 15.3 Å². The van der Waals surface area contributed by atoms with Crippen LogP contribution in [0.3, 0.4) is 0 Å². The van der Waals surface area contributed by atoms with Crippen molar-refractivity contribution >= 4 is 22.6 Å². The van der Waals surface area contributed by atoms with Gasteiger partial charge in [0.15, 0.2) is 5.65 Å². The molecule has 0 atom stereocenters. The quantitative estimate of drug-likeness (QED) is 0.403. The first-order chi connectivity index (χ1) is 16.8. The number of carbonyl (C=O) groups is 1. The molecule has 0 saturated carbocycles. The summed E-state index contributed by atoms with van der Waals surface area (Å²) in [6.45, 7) is 10.3. The van der Waals surface area contributed by atoms with Crippen LogP contribution < -0.4 is 5.32 Å². The first-order valence-corrected chi connectivity index (χ1v) is 11.5. The van der Waals surface area contributed by atoms with Crippen molar-refractivity contribution < 1.29 is 4.79 Å². The molecular formula is C26H28N8O. The van der Waals surface area contributed by atoms with E-state index < -0.39 is 0 Å². The first-order valence-electron chi connectivity index (χ1n) is 11.5.